The molecule has 0 unspecified atom stereocenters. The molecule has 26 heavy (non-hydrogen) atoms. The number of phenols is 1. The molecule has 1 fully saturated rings. The van der Waals surface area contributed by atoms with Crippen molar-refractivity contribution in [3.63, 3.8) is 0 Å². The van der Waals surface area contributed by atoms with Crippen LogP contribution in [0.1, 0.15) is 29.7 Å². The normalized spacial score (nSPS) is 17.3. The second-order valence-electron chi connectivity index (χ2n) is 6.98. The van der Waals surface area contributed by atoms with Crippen LogP contribution in [-0.2, 0) is 19.5 Å². The lowest BCUT2D eigenvalue weighted by Gasteiger charge is -2.29. The summed E-state index contributed by atoms with van der Waals surface area (Å²) in [5, 5.41) is 10.2. The number of rotatable bonds is 4. The van der Waals surface area contributed by atoms with E-state index < -0.39 is 0 Å². The first-order valence-corrected chi connectivity index (χ1v) is 9.12. The van der Waals surface area contributed by atoms with Crippen molar-refractivity contribution in [2.45, 2.75) is 32.4 Å². The quantitative estimate of drug-likeness (QED) is 0.866. The Hall–Kier alpha value is -2.54. The molecule has 0 spiro atoms. The van der Waals surface area contributed by atoms with Crippen LogP contribution >= 0.6 is 0 Å². The van der Waals surface area contributed by atoms with Crippen LogP contribution in [0.15, 0.2) is 18.2 Å². The summed E-state index contributed by atoms with van der Waals surface area (Å²) in [5.41, 5.74) is 9.15. The Bertz CT molecular complexity index is 805. The zero-order valence-electron chi connectivity index (χ0n) is 15.1. The van der Waals surface area contributed by atoms with Crippen LogP contribution in [0, 0.1) is 0 Å². The molecule has 0 atom stereocenters. The SMILES string of the molecule is COc1ccc(O)c(CN2CCc3c(N)nc(N4CCCC4)nc3C2)c1. The van der Waals surface area contributed by atoms with Crippen LogP contribution in [0.25, 0.3) is 0 Å². The van der Waals surface area contributed by atoms with Crippen molar-refractivity contribution in [3.8, 4) is 11.5 Å². The smallest absolute Gasteiger partial charge is 0.227 e. The maximum absolute atomic E-state index is 10.2. The molecule has 0 radical (unpaired) electrons. The molecular weight excluding hydrogens is 330 g/mol. The zero-order valence-corrected chi connectivity index (χ0v) is 15.1. The van der Waals surface area contributed by atoms with Gasteiger partial charge >= 0.3 is 0 Å². The number of nitrogen functional groups attached to an aromatic ring is 1. The first kappa shape index (κ1) is 16.9. The highest BCUT2D eigenvalue weighted by Crippen LogP contribution is 2.29. The predicted octanol–water partition coefficient (Wildman–Crippen LogP) is 1.93. The van der Waals surface area contributed by atoms with E-state index in [4.69, 9.17) is 15.5 Å². The summed E-state index contributed by atoms with van der Waals surface area (Å²) in [4.78, 5) is 13.8. The molecular formula is C19H25N5O2. The number of anilines is 2. The van der Waals surface area contributed by atoms with Crippen molar-refractivity contribution in [1.82, 2.24) is 14.9 Å². The number of aromatic nitrogens is 2. The Morgan fingerprint density at radius 3 is 2.77 bits per heavy atom. The van der Waals surface area contributed by atoms with E-state index in [1.807, 2.05) is 6.07 Å². The predicted molar refractivity (Wildman–Crippen MR) is 100 cm³/mol. The minimum atomic E-state index is 0.288. The van der Waals surface area contributed by atoms with Crippen LogP contribution in [0.3, 0.4) is 0 Å². The van der Waals surface area contributed by atoms with E-state index in [1.165, 1.54) is 12.8 Å². The summed E-state index contributed by atoms with van der Waals surface area (Å²) >= 11 is 0. The number of hydrogen-bond donors (Lipinski definition) is 2. The minimum absolute atomic E-state index is 0.288. The van der Waals surface area contributed by atoms with E-state index in [9.17, 15) is 5.11 Å². The lowest BCUT2D eigenvalue weighted by atomic mass is 10.0. The van der Waals surface area contributed by atoms with Crippen molar-refractivity contribution in [2.75, 3.05) is 37.4 Å². The van der Waals surface area contributed by atoms with Gasteiger partial charge in [-0.15, -0.1) is 0 Å². The second kappa shape index (κ2) is 6.99. The summed E-state index contributed by atoms with van der Waals surface area (Å²) in [5.74, 6) is 2.40. The fourth-order valence-corrected chi connectivity index (χ4v) is 3.75. The van der Waals surface area contributed by atoms with Gasteiger partial charge in [0.25, 0.3) is 0 Å². The molecule has 4 rings (SSSR count). The van der Waals surface area contributed by atoms with E-state index in [1.54, 1.807) is 19.2 Å². The fourth-order valence-electron chi connectivity index (χ4n) is 3.75. The molecule has 1 aromatic carbocycles. The number of nitrogens with zero attached hydrogens (tertiary/aromatic N) is 4. The number of benzene rings is 1. The van der Waals surface area contributed by atoms with Crippen molar-refractivity contribution in [3.05, 3.63) is 35.0 Å². The average molecular weight is 355 g/mol. The molecule has 0 saturated carbocycles. The van der Waals surface area contributed by atoms with Gasteiger partial charge in [-0.1, -0.05) is 0 Å². The number of phenolic OH excluding ortho intramolecular Hbond substituents is 1. The summed E-state index contributed by atoms with van der Waals surface area (Å²) in [6.45, 7) is 4.21. The van der Waals surface area contributed by atoms with Gasteiger partial charge in [0.15, 0.2) is 0 Å². The monoisotopic (exact) mass is 355 g/mol. The number of aromatic hydroxyl groups is 1. The lowest BCUT2D eigenvalue weighted by Crippen LogP contribution is -2.32. The van der Waals surface area contributed by atoms with Gasteiger partial charge in [0.2, 0.25) is 5.95 Å². The van der Waals surface area contributed by atoms with E-state index in [2.05, 4.69) is 14.8 Å². The maximum Gasteiger partial charge on any atom is 0.227 e. The van der Waals surface area contributed by atoms with E-state index in [0.717, 1.165) is 54.6 Å². The van der Waals surface area contributed by atoms with Crippen LogP contribution in [-0.4, -0.2) is 46.7 Å². The highest BCUT2D eigenvalue weighted by atomic mass is 16.5. The molecule has 1 aromatic heterocycles. The topological polar surface area (TPSA) is 87.7 Å². The summed E-state index contributed by atoms with van der Waals surface area (Å²) in [7, 11) is 1.63. The van der Waals surface area contributed by atoms with Gasteiger partial charge in [-0.05, 0) is 37.5 Å². The molecule has 2 aliphatic heterocycles. The van der Waals surface area contributed by atoms with E-state index in [-0.39, 0.29) is 5.75 Å². The third-order valence-electron chi connectivity index (χ3n) is 5.23. The molecule has 2 aromatic rings. The first-order chi connectivity index (χ1) is 12.6. The molecule has 138 valence electrons. The number of hydrogen-bond acceptors (Lipinski definition) is 7. The Morgan fingerprint density at radius 1 is 1.19 bits per heavy atom. The van der Waals surface area contributed by atoms with Crippen molar-refractivity contribution < 1.29 is 9.84 Å². The lowest BCUT2D eigenvalue weighted by molar-refractivity contribution is 0.238. The Morgan fingerprint density at radius 2 is 2.00 bits per heavy atom. The van der Waals surface area contributed by atoms with Crippen LogP contribution in [0.5, 0.6) is 11.5 Å². The largest absolute Gasteiger partial charge is 0.508 e. The number of nitrogens with two attached hydrogens (primary N) is 1. The third kappa shape index (κ3) is 3.26. The number of methoxy groups -OCH3 is 1. The number of fused-ring (bicyclic) bond motifs is 1. The van der Waals surface area contributed by atoms with Crippen LogP contribution < -0.4 is 15.4 Å². The summed E-state index contributed by atoms with van der Waals surface area (Å²) in [6, 6.07) is 5.33. The first-order valence-electron chi connectivity index (χ1n) is 9.12. The molecule has 1 saturated heterocycles. The van der Waals surface area contributed by atoms with Gasteiger partial charge < -0.3 is 20.5 Å². The average Bonchev–Trinajstić information content (AvgIpc) is 3.18. The summed E-state index contributed by atoms with van der Waals surface area (Å²) in [6.07, 6.45) is 3.19. The van der Waals surface area contributed by atoms with Crippen LogP contribution in [0.4, 0.5) is 11.8 Å². The molecule has 0 amide bonds. The van der Waals surface area contributed by atoms with Crippen LogP contribution in [0.2, 0.25) is 0 Å². The van der Waals surface area contributed by atoms with E-state index >= 15 is 0 Å². The standard InChI is InChI=1S/C19H25N5O2/c1-26-14-4-5-17(25)13(10-14)11-23-9-6-15-16(12-23)21-19(22-18(15)20)24-7-2-3-8-24/h4-5,10,25H,2-3,6-9,11-12H2,1H3,(H2,20,21,22). The highest BCUT2D eigenvalue weighted by molar-refractivity contribution is 5.49. The Labute approximate surface area is 153 Å². The maximum atomic E-state index is 10.2. The summed E-state index contributed by atoms with van der Waals surface area (Å²) < 4.78 is 5.27. The fraction of sp³-hybridized carbons (Fsp3) is 0.474. The van der Waals surface area contributed by atoms with Gasteiger partial charge in [-0.2, -0.15) is 4.98 Å². The van der Waals surface area contributed by atoms with Gasteiger partial charge in [0.1, 0.15) is 17.3 Å². The molecule has 7 nitrogen and oxygen atoms in total. The molecule has 3 N–H and O–H groups in total. The van der Waals surface area contributed by atoms with Gasteiger partial charge in [-0.25, -0.2) is 4.98 Å². The Balaban J connectivity index is 1.55. The van der Waals surface area contributed by atoms with E-state index in [0.29, 0.717) is 18.9 Å². The molecule has 0 bridgehead atoms. The van der Waals surface area contributed by atoms with Crippen molar-refractivity contribution in [1.29, 1.82) is 0 Å². The minimum Gasteiger partial charge on any atom is -0.508 e. The second-order valence-corrected chi connectivity index (χ2v) is 6.98. The third-order valence-corrected chi connectivity index (χ3v) is 5.23. The molecule has 3 heterocycles. The molecule has 7 heteroatoms. The van der Waals surface area contributed by atoms with Gasteiger partial charge in [0, 0.05) is 43.9 Å². The molecule has 2 aliphatic rings. The highest BCUT2D eigenvalue weighted by Gasteiger charge is 2.24. The Kier molecular flexibility index (Phi) is 4.55. The van der Waals surface area contributed by atoms with Crippen molar-refractivity contribution >= 4 is 11.8 Å². The van der Waals surface area contributed by atoms with Gasteiger partial charge in [-0.3, -0.25) is 4.90 Å². The zero-order chi connectivity index (χ0) is 18.1. The van der Waals surface area contributed by atoms with Gasteiger partial charge in [0.05, 0.1) is 12.8 Å². The molecule has 0 aliphatic carbocycles. The number of ether oxygens (including phenoxy) is 1. The van der Waals surface area contributed by atoms with Crippen molar-refractivity contribution in [2.24, 2.45) is 0 Å².